The third-order valence-corrected chi connectivity index (χ3v) is 2.85. The fourth-order valence-electron chi connectivity index (χ4n) is 1.91. The summed E-state index contributed by atoms with van der Waals surface area (Å²) >= 11 is 0. The number of fused-ring (bicyclic) bond motifs is 1. The summed E-state index contributed by atoms with van der Waals surface area (Å²) in [7, 11) is 0. The van der Waals surface area contributed by atoms with Gasteiger partial charge < -0.3 is 0 Å². The number of rotatable bonds is 4. The molecule has 0 aliphatic carbocycles. The van der Waals surface area contributed by atoms with Gasteiger partial charge in [-0.3, -0.25) is 4.84 Å². The molecule has 0 saturated heterocycles. The highest BCUT2D eigenvalue weighted by molar-refractivity contribution is 5.42. The topological polar surface area (TPSA) is 51.5 Å². The predicted octanol–water partition coefficient (Wildman–Crippen LogP) is 2.49. The van der Waals surface area contributed by atoms with Gasteiger partial charge in [0.25, 0.3) is 0 Å². The third kappa shape index (κ3) is 3.26. The van der Waals surface area contributed by atoms with Crippen LogP contribution in [0.25, 0.3) is 5.65 Å². The Balaban J connectivity index is 2.13. The zero-order chi connectivity index (χ0) is 14.9. The van der Waals surface area contributed by atoms with Gasteiger partial charge in [-0.25, -0.2) is 9.50 Å². The Morgan fingerprint density at radius 1 is 1.40 bits per heavy atom. The van der Waals surface area contributed by atoms with Gasteiger partial charge in [0, 0.05) is 23.5 Å². The predicted molar refractivity (Wildman–Crippen MR) is 66.0 cm³/mol. The molecule has 5 nitrogen and oxygen atoms in total. The minimum Gasteiger partial charge on any atom is -0.292 e. The first-order valence-electron chi connectivity index (χ1n) is 6.04. The lowest BCUT2D eigenvalue weighted by Gasteiger charge is -2.17. The number of aryl methyl sites for hydroxylation is 2. The monoisotopic (exact) mass is 288 g/mol. The van der Waals surface area contributed by atoms with Crippen molar-refractivity contribution in [2.75, 3.05) is 6.61 Å². The maximum atomic E-state index is 12.0. The Kier molecular flexibility index (Phi) is 3.96. The summed E-state index contributed by atoms with van der Waals surface area (Å²) in [6.07, 6.45) is -2.75. The van der Waals surface area contributed by atoms with Crippen LogP contribution in [0.2, 0.25) is 0 Å². The van der Waals surface area contributed by atoms with E-state index in [9.17, 15) is 13.2 Å². The van der Waals surface area contributed by atoms with Crippen molar-refractivity contribution in [3.8, 4) is 0 Å². The second-order valence-electron chi connectivity index (χ2n) is 4.60. The van der Waals surface area contributed by atoms with Gasteiger partial charge in [-0.05, 0) is 20.8 Å². The highest BCUT2D eigenvalue weighted by atomic mass is 19.4. The summed E-state index contributed by atoms with van der Waals surface area (Å²) < 4.78 is 37.7. The van der Waals surface area contributed by atoms with E-state index in [-0.39, 0.29) is 0 Å². The summed E-state index contributed by atoms with van der Waals surface area (Å²) in [6, 6.07) is 1.40. The SMILES string of the molecule is Cc1cc2ncc(C(C)NOCC(F)(F)F)c(C)n2n1. The maximum absolute atomic E-state index is 12.0. The molecule has 2 aromatic rings. The molecule has 0 fully saturated rings. The largest absolute Gasteiger partial charge is 0.413 e. The van der Waals surface area contributed by atoms with Crippen LogP contribution in [0.3, 0.4) is 0 Å². The molecule has 0 radical (unpaired) electrons. The van der Waals surface area contributed by atoms with E-state index in [1.54, 1.807) is 17.6 Å². The second-order valence-corrected chi connectivity index (χ2v) is 4.60. The van der Waals surface area contributed by atoms with E-state index in [0.29, 0.717) is 5.65 Å². The summed E-state index contributed by atoms with van der Waals surface area (Å²) in [5, 5.41) is 4.28. The van der Waals surface area contributed by atoms with Gasteiger partial charge in [-0.15, -0.1) is 0 Å². The van der Waals surface area contributed by atoms with E-state index in [2.05, 4.69) is 20.4 Å². The van der Waals surface area contributed by atoms with Crippen molar-refractivity contribution in [3.05, 3.63) is 29.2 Å². The number of hydrogen-bond acceptors (Lipinski definition) is 4. The van der Waals surface area contributed by atoms with Crippen LogP contribution >= 0.6 is 0 Å². The summed E-state index contributed by atoms with van der Waals surface area (Å²) in [5.41, 5.74) is 5.42. The van der Waals surface area contributed by atoms with Crippen molar-refractivity contribution in [2.24, 2.45) is 0 Å². The Hall–Kier alpha value is -1.67. The molecule has 2 aromatic heterocycles. The number of hydrogen-bond donors (Lipinski definition) is 1. The van der Waals surface area contributed by atoms with Gasteiger partial charge in [-0.2, -0.15) is 23.8 Å². The lowest BCUT2D eigenvalue weighted by molar-refractivity contribution is -0.192. The molecule has 0 aliphatic rings. The van der Waals surface area contributed by atoms with E-state index < -0.39 is 18.8 Å². The summed E-state index contributed by atoms with van der Waals surface area (Å²) in [4.78, 5) is 8.68. The molecule has 110 valence electrons. The molecular weight excluding hydrogens is 273 g/mol. The van der Waals surface area contributed by atoms with Crippen LogP contribution in [0, 0.1) is 13.8 Å². The first kappa shape index (κ1) is 14.7. The molecule has 2 heterocycles. The molecule has 8 heteroatoms. The first-order chi connectivity index (χ1) is 9.28. The Morgan fingerprint density at radius 2 is 2.10 bits per heavy atom. The lowest BCUT2D eigenvalue weighted by atomic mass is 10.1. The number of nitrogens with zero attached hydrogens (tertiary/aromatic N) is 3. The van der Waals surface area contributed by atoms with Crippen molar-refractivity contribution < 1.29 is 18.0 Å². The van der Waals surface area contributed by atoms with E-state index >= 15 is 0 Å². The molecule has 0 amide bonds. The van der Waals surface area contributed by atoms with Crippen LogP contribution in [-0.4, -0.2) is 27.4 Å². The minimum absolute atomic E-state index is 0.432. The van der Waals surface area contributed by atoms with Crippen LogP contribution < -0.4 is 5.48 Å². The van der Waals surface area contributed by atoms with Crippen LogP contribution in [0.4, 0.5) is 13.2 Å². The molecule has 1 N–H and O–H groups in total. The van der Waals surface area contributed by atoms with Crippen molar-refractivity contribution in [2.45, 2.75) is 33.0 Å². The van der Waals surface area contributed by atoms with E-state index in [4.69, 9.17) is 0 Å². The van der Waals surface area contributed by atoms with Gasteiger partial charge in [0.1, 0.15) is 0 Å². The Labute approximate surface area is 113 Å². The van der Waals surface area contributed by atoms with Gasteiger partial charge in [0.15, 0.2) is 12.3 Å². The van der Waals surface area contributed by atoms with E-state index in [1.165, 1.54) is 0 Å². The Morgan fingerprint density at radius 3 is 2.75 bits per heavy atom. The molecule has 20 heavy (non-hydrogen) atoms. The van der Waals surface area contributed by atoms with Gasteiger partial charge in [0.05, 0.1) is 11.7 Å². The molecule has 0 spiro atoms. The molecule has 2 rings (SSSR count). The van der Waals surface area contributed by atoms with Crippen LogP contribution in [0.5, 0.6) is 0 Å². The van der Waals surface area contributed by atoms with Crippen molar-refractivity contribution in [1.29, 1.82) is 0 Å². The highest BCUT2D eigenvalue weighted by Crippen LogP contribution is 2.19. The van der Waals surface area contributed by atoms with Crippen molar-refractivity contribution in [3.63, 3.8) is 0 Å². The molecular formula is C12H15F3N4O. The molecule has 1 unspecified atom stereocenters. The zero-order valence-electron chi connectivity index (χ0n) is 11.3. The van der Waals surface area contributed by atoms with Crippen molar-refractivity contribution >= 4 is 5.65 Å². The number of halogens is 3. The van der Waals surface area contributed by atoms with Crippen LogP contribution in [0.15, 0.2) is 12.3 Å². The normalized spacial score (nSPS) is 13.9. The van der Waals surface area contributed by atoms with Crippen LogP contribution in [0.1, 0.15) is 29.9 Å². The van der Waals surface area contributed by atoms with E-state index in [0.717, 1.165) is 17.0 Å². The number of nitrogens with one attached hydrogen (secondary N) is 1. The summed E-state index contributed by atoms with van der Waals surface area (Å²) in [6.45, 7) is 4.04. The molecule has 0 aliphatic heterocycles. The number of hydroxylamine groups is 1. The summed E-state index contributed by atoms with van der Waals surface area (Å²) in [5.74, 6) is 0. The first-order valence-corrected chi connectivity index (χ1v) is 6.04. The lowest BCUT2D eigenvalue weighted by Crippen LogP contribution is -2.27. The average molecular weight is 288 g/mol. The third-order valence-electron chi connectivity index (χ3n) is 2.85. The van der Waals surface area contributed by atoms with Crippen molar-refractivity contribution in [1.82, 2.24) is 20.1 Å². The molecule has 0 bridgehead atoms. The van der Waals surface area contributed by atoms with Crippen LogP contribution in [-0.2, 0) is 4.84 Å². The molecule has 0 aromatic carbocycles. The second kappa shape index (κ2) is 5.37. The fourth-order valence-corrected chi connectivity index (χ4v) is 1.91. The minimum atomic E-state index is -4.36. The number of alkyl halides is 3. The average Bonchev–Trinajstić information content (AvgIpc) is 2.69. The standard InChI is InChI=1S/C12H15F3N4O/c1-7-4-11-16-5-10(9(3)19(11)17-7)8(2)18-20-6-12(13,14)15/h4-5,8,18H,6H2,1-3H3. The smallest absolute Gasteiger partial charge is 0.292 e. The maximum Gasteiger partial charge on any atom is 0.413 e. The zero-order valence-corrected chi connectivity index (χ0v) is 11.3. The fraction of sp³-hybridized carbons (Fsp3) is 0.500. The highest BCUT2D eigenvalue weighted by Gasteiger charge is 2.28. The Bertz CT molecular complexity index is 609. The number of aromatic nitrogens is 3. The quantitative estimate of drug-likeness (QED) is 0.878. The molecule has 0 saturated carbocycles. The van der Waals surface area contributed by atoms with Gasteiger partial charge >= 0.3 is 6.18 Å². The molecule has 1 atom stereocenters. The van der Waals surface area contributed by atoms with Gasteiger partial charge in [-0.1, -0.05) is 0 Å². The van der Waals surface area contributed by atoms with E-state index in [1.807, 2.05) is 19.9 Å². The van der Waals surface area contributed by atoms with Gasteiger partial charge in [0.2, 0.25) is 0 Å².